The predicted molar refractivity (Wildman–Crippen MR) is 85.5 cm³/mol. The molecule has 0 saturated carbocycles. The number of aryl methyl sites for hydroxylation is 2. The maximum absolute atomic E-state index is 12.4. The Morgan fingerprint density at radius 3 is 2.80 bits per heavy atom. The fraction of sp³-hybridized carbons (Fsp3) is 0.200. The van der Waals surface area contributed by atoms with Crippen LogP contribution in [0, 0.1) is 6.92 Å². The summed E-state index contributed by atoms with van der Waals surface area (Å²) in [4.78, 5) is 13.2. The molecule has 0 saturated heterocycles. The molecule has 3 nitrogen and oxygen atoms in total. The minimum atomic E-state index is 0.134. The fourth-order valence-electron chi connectivity index (χ4n) is 2.23. The van der Waals surface area contributed by atoms with E-state index in [1.54, 1.807) is 16.0 Å². The van der Waals surface area contributed by atoms with Crippen LogP contribution in [0.3, 0.4) is 0 Å². The van der Waals surface area contributed by atoms with Crippen molar-refractivity contribution in [1.82, 2.24) is 9.78 Å². The van der Waals surface area contributed by atoms with Crippen molar-refractivity contribution in [3.05, 3.63) is 51.1 Å². The summed E-state index contributed by atoms with van der Waals surface area (Å²) in [5, 5.41) is 5.45. The summed E-state index contributed by atoms with van der Waals surface area (Å²) in [7, 11) is 1.87. The van der Waals surface area contributed by atoms with E-state index in [-0.39, 0.29) is 5.78 Å². The van der Waals surface area contributed by atoms with Gasteiger partial charge < -0.3 is 0 Å². The van der Waals surface area contributed by atoms with Gasteiger partial charge in [-0.05, 0) is 40.4 Å². The first-order valence-corrected chi connectivity index (χ1v) is 7.87. The first-order valence-electron chi connectivity index (χ1n) is 6.26. The lowest BCUT2D eigenvalue weighted by Crippen LogP contribution is -2.07. The lowest BCUT2D eigenvalue weighted by atomic mass is 10.1. The number of carbonyl (C=O) groups excluding carboxylic acids is 1. The number of fused-ring (bicyclic) bond motifs is 1. The smallest absolute Gasteiger partial charge is 0.178 e. The van der Waals surface area contributed by atoms with Crippen molar-refractivity contribution in [2.24, 2.45) is 7.05 Å². The third kappa shape index (κ3) is 2.31. The number of thiophene rings is 1. The largest absolute Gasteiger partial charge is 0.293 e. The molecule has 0 fully saturated rings. The number of benzene rings is 1. The van der Waals surface area contributed by atoms with E-state index in [0.717, 1.165) is 30.8 Å². The van der Waals surface area contributed by atoms with Gasteiger partial charge in [0.25, 0.3) is 0 Å². The van der Waals surface area contributed by atoms with Gasteiger partial charge in [0.15, 0.2) is 5.78 Å². The summed E-state index contributed by atoms with van der Waals surface area (Å²) in [6.07, 6.45) is 0.366. The number of rotatable bonds is 3. The van der Waals surface area contributed by atoms with Gasteiger partial charge in [0.2, 0.25) is 0 Å². The van der Waals surface area contributed by atoms with Crippen LogP contribution in [0.15, 0.2) is 34.8 Å². The molecule has 0 N–H and O–H groups in total. The van der Waals surface area contributed by atoms with Gasteiger partial charge in [-0.2, -0.15) is 5.10 Å². The van der Waals surface area contributed by atoms with Crippen LogP contribution in [-0.2, 0) is 13.5 Å². The molecule has 5 heteroatoms. The summed E-state index contributed by atoms with van der Waals surface area (Å²) >= 11 is 5.05. The molecule has 102 valence electrons. The average Bonchev–Trinajstić information content (AvgIpc) is 2.95. The number of hydrogen-bond donors (Lipinski definition) is 0. The molecule has 3 aromatic rings. The number of halogens is 1. The van der Waals surface area contributed by atoms with Crippen LogP contribution >= 0.6 is 27.3 Å². The summed E-state index contributed by atoms with van der Waals surface area (Å²) in [6.45, 7) is 1.93. The Morgan fingerprint density at radius 1 is 1.40 bits per heavy atom. The van der Waals surface area contributed by atoms with E-state index < -0.39 is 0 Å². The SMILES string of the molecule is Cc1nn(C)c(CC(=O)c2cc3ccccc3s2)c1Br. The molecule has 0 atom stereocenters. The van der Waals surface area contributed by atoms with Crippen LogP contribution in [0.1, 0.15) is 21.1 Å². The van der Waals surface area contributed by atoms with Crippen LogP contribution < -0.4 is 0 Å². The third-order valence-electron chi connectivity index (χ3n) is 3.29. The standard InChI is InChI=1S/C15H13BrN2OS/c1-9-15(16)11(18(2)17-9)8-12(19)14-7-10-5-3-4-6-13(10)20-14/h3-7H,8H2,1-2H3. The van der Waals surface area contributed by atoms with E-state index in [0.29, 0.717) is 6.42 Å². The molecule has 0 radical (unpaired) electrons. The molecule has 3 rings (SSSR count). The molecule has 20 heavy (non-hydrogen) atoms. The number of hydrogen-bond acceptors (Lipinski definition) is 3. The summed E-state index contributed by atoms with van der Waals surface area (Å²) < 4.78 is 3.84. The van der Waals surface area contributed by atoms with Crippen molar-refractivity contribution in [3.8, 4) is 0 Å². The number of ketones is 1. The maximum Gasteiger partial charge on any atom is 0.178 e. The minimum absolute atomic E-state index is 0.134. The van der Waals surface area contributed by atoms with Crippen LogP contribution in [0.2, 0.25) is 0 Å². The van der Waals surface area contributed by atoms with Gasteiger partial charge in [0, 0.05) is 11.7 Å². The quantitative estimate of drug-likeness (QED) is 0.667. The van der Waals surface area contributed by atoms with Gasteiger partial charge in [-0.3, -0.25) is 9.48 Å². The minimum Gasteiger partial charge on any atom is -0.293 e. The maximum atomic E-state index is 12.4. The number of Topliss-reactive ketones (excluding diaryl/α,β-unsaturated/α-hetero) is 1. The van der Waals surface area contributed by atoms with Crippen LogP contribution in [0.5, 0.6) is 0 Å². The highest BCUT2D eigenvalue weighted by molar-refractivity contribution is 9.10. The summed E-state index contributed by atoms with van der Waals surface area (Å²) in [5.41, 5.74) is 1.83. The summed E-state index contributed by atoms with van der Waals surface area (Å²) in [5.74, 6) is 0.134. The highest BCUT2D eigenvalue weighted by Gasteiger charge is 2.17. The van der Waals surface area contributed by atoms with E-state index in [2.05, 4.69) is 21.0 Å². The van der Waals surface area contributed by atoms with Gasteiger partial charge in [0.1, 0.15) is 0 Å². The van der Waals surface area contributed by atoms with Gasteiger partial charge in [-0.15, -0.1) is 11.3 Å². The van der Waals surface area contributed by atoms with Crippen molar-refractivity contribution in [3.63, 3.8) is 0 Å². The molecule has 0 bridgehead atoms. The highest BCUT2D eigenvalue weighted by atomic mass is 79.9. The molecule has 2 aromatic heterocycles. The van der Waals surface area contributed by atoms with Gasteiger partial charge in [-0.25, -0.2) is 0 Å². The zero-order valence-electron chi connectivity index (χ0n) is 11.2. The molecule has 0 amide bonds. The number of aromatic nitrogens is 2. The lowest BCUT2D eigenvalue weighted by molar-refractivity contribution is 0.0994. The molecule has 0 aliphatic heterocycles. The number of carbonyl (C=O) groups is 1. The van der Waals surface area contributed by atoms with Crippen molar-refractivity contribution < 1.29 is 4.79 Å². The molecular formula is C15H13BrN2OS. The van der Waals surface area contributed by atoms with Crippen molar-refractivity contribution >= 4 is 43.1 Å². The monoisotopic (exact) mass is 348 g/mol. The Bertz CT molecular complexity index is 770. The predicted octanol–water partition coefficient (Wildman–Crippen LogP) is 4.13. The van der Waals surface area contributed by atoms with E-state index >= 15 is 0 Å². The van der Waals surface area contributed by atoms with Crippen molar-refractivity contribution in [1.29, 1.82) is 0 Å². The van der Waals surface area contributed by atoms with E-state index in [4.69, 9.17) is 0 Å². The molecule has 1 aromatic carbocycles. The van der Waals surface area contributed by atoms with E-state index in [1.165, 1.54) is 0 Å². The Morgan fingerprint density at radius 2 is 2.15 bits per heavy atom. The molecule has 0 aliphatic rings. The number of nitrogens with zero attached hydrogens (tertiary/aromatic N) is 2. The van der Waals surface area contributed by atoms with Crippen molar-refractivity contribution in [2.75, 3.05) is 0 Å². The Kier molecular flexibility index (Phi) is 3.48. The fourth-order valence-corrected chi connectivity index (χ4v) is 3.71. The van der Waals surface area contributed by atoms with Gasteiger partial charge >= 0.3 is 0 Å². The molecule has 0 unspecified atom stereocenters. The summed E-state index contributed by atoms with van der Waals surface area (Å²) in [6, 6.07) is 10.0. The van der Waals surface area contributed by atoms with E-state index in [1.807, 2.05) is 44.3 Å². The Hall–Kier alpha value is -1.46. The second kappa shape index (κ2) is 5.14. The molecular weight excluding hydrogens is 336 g/mol. The molecule has 0 spiro atoms. The van der Waals surface area contributed by atoms with Gasteiger partial charge in [-0.1, -0.05) is 18.2 Å². The lowest BCUT2D eigenvalue weighted by Gasteiger charge is -2.00. The van der Waals surface area contributed by atoms with Crippen LogP contribution in [0.25, 0.3) is 10.1 Å². The highest BCUT2D eigenvalue weighted by Crippen LogP contribution is 2.28. The zero-order chi connectivity index (χ0) is 14.3. The average molecular weight is 349 g/mol. The topological polar surface area (TPSA) is 34.9 Å². The normalized spacial score (nSPS) is 11.2. The molecule has 2 heterocycles. The van der Waals surface area contributed by atoms with Crippen LogP contribution in [-0.4, -0.2) is 15.6 Å². The first kappa shape index (κ1) is 13.5. The Balaban J connectivity index is 1.93. The second-order valence-electron chi connectivity index (χ2n) is 4.72. The molecule has 0 aliphatic carbocycles. The third-order valence-corrected chi connectivity index (χ3v) is 5.48. The van der Waals surface area contributed by atoms with Gasteiger partial charge in [0.05, 0.1) is 27.2 Å². The zero-order valence-corrected chi connectivity index (χ0v) is 13.6. The van der Waals surface area contributed by atoms with E-state index in [9.17, 15) is 4.79 Å². The Labute approximate surface area is 129 Å². The van der Waals surface area contributed by atoms with Crippen molar-refractivity contribution in [2.45, 2.75) is 13.3 Å². The van der Waals surface area contributed by atoms with Crippen LogP contribution in [0.4, 0.5) is 0 Å². The first-order chi connectivity index (χ1) is 9.56. The second-order valence-corrected chi connectivity index (χ2v) is 6.59.